The van der Waals surface area contributed by atoms with Crippen LogP contribution in [-0.2, 0) is 0 Å². The standard InChI is InChI=1S/C9H7F3N2O/c1-5-6(2)14-7(4-13)3-8(5)15-9(10,11)12/h3H,1-2H3. The first kappa shape index (κ1) is 11.3. The van der Waals surface area contributed by atoms with E-state index in [1.165, 1.54) is 13.8 Å². The van der Waals surface area contributed by atoms with Gasteiger partial charge in [-0.3, -0.25) is 0 Å². The van der Waals surface area contributed by atoms with Gasteiger partial charge in [-0.25, -0.2) is 4.98 Å². The molecule has 1 aromatic heterocycles. The number of nitriles is 1. The van der Waals surface area contributed by atoms with Gasteiger partial charge in [0, 0.05) is 17.3 Å². The Bertz CT molecular complexity index is 421. The monoisotopic (exact) mass is 216 g/mol. The Labute approximate surface area is 84.1 Å². The second-order valence-electron chi connectivity index (χ2n) is 2.88. The summed E-state index contributed by atoms with van der Waals surface area (Å²) in [6.07, 6.45) is -4.76. The number of nitrogens with zero attached hydrogens (tertiary/aromatic N) is 2. The number of aryl methyl sites for hydroxylation is 1. The van der Waals surface area contributed by atoms with E-state index in [0.29, 0.717) is 5.69 Å². The lowest BCUT2D eigenvalue weighted by atomic mass is 10.2. The molecule has 0 aliphatic carbocycles. The van der Waals surface area contributed by atoms with Crippen LogP contribution in [0.25, 0.3) is 0 Å². The van der Waals surface area contributed by atoms with Crippen LogP contribution in [0.4, 0.5) is 13.2 Å². The van der Waals surface area contributed by atoms with E-state index < -0.39 is 6.36 Å². The summed E-state index contributed by atoms with van der Waals surface area (Å²) >= 11 is 0. The Morgan fingerprint density at radius 1 is 1.40 bits per heavy atom. The average Bonchev–Trinajstić information content (AvgIpc) is 2.10. The van der Waals surface area contributed by atoms with Gasteiger partial charge in [-0.05, 0) is 13.8 Å². The van der Waals surface area contributed by atoms with Crippen LogP contribution >= 0.6 is 0 Å². The quantitative estimate of drug-likeness (QED) is 0.724. The fourth-order valence-corrected chi connectivity index (χ4v) is 0.995. The van der Waals surface area contributed by atoms with Gasteiger partial charge >= 0.3 is 6.36 Å². The van der Waals surface area contributed by atoms with Gasteiger partial charge in [0.25, 0.3) is 0 Å². The van der Waals surface area contributed by atoms with Gasteiger partial charge in [-0.1, -0.05) is 0 Å². The van der Waals surface area contributed by atoms with Crippen LogP contribution in [0.1, 0.15) is 17.0 Å². The van der Waals surface area contributed by atoms with E-state index in [9.17, 15) is 13.2 Å². The predicted molar refractivity (Wildman–Crippen MR) is 45.1 cm³/mol. The molecule has 0 N–H and O–H groups in total. The molecule has 0 aromatic carbocycles. The highest BCUT2D eigenvalue weighted by Gasteiger charge is 2.32. The molecule has 0 bridgehead atoms. The molecule has 3 nitrogen and oxygen atoms in total. The first-order valence-corrected chi connectivity index (χ1v) is 3.97. The number of aromatic nitrogens is 1. The number of hydrogen-bond donors (Lipinski definition) is 0. The average molecular weight is 216 g/mol. The van der Waals surface area contributed by atoms with Crippen LogP contribution in [0.3, 0.4) is 0 Å². The third kappa shape index (κ3) is 2.84. The lowest BCUT2D eigenvalue weighted by Gasteiger charge is -2.12. The van der Waals surface area contributed by atoms with E-state index in [0.717, 1.165) is 6.07 Å². The van der Waals surface area contributed by atoms with E-state index in [1.807, 2.05) is 0 Å². The summed E-state index contributed by atoms with van der Waals surface area (Å²) in [4.78, 5) is 3.77. The highest BCUT2D eigenvalue weighted by atomic mass is 19.4. The molecule has 80 valence electrons. The van der Waals surface area contributed by atoms with Gasteiger partial charge in [-0.15, -0.1) is 13.2 Å². The fourth-order valence-electron chi connectivity index (χ4n) is 0.995. The second-order valence-corrected chi connectivity index (χ2v) is 2.88. The third-order valence-corrected chi connectivity index (χ3v) is 1.81. The van der Waals surface area contributed by atoms with Crippen LogP contribution in [-0.4, -0.2) is 11.3 Å². The van der Waals surface area contributed by atoms with E-state index in [1.54, 1.807) is 6.07 Å². The number of rotatable bonds is 1. The summed E-state index contributed by atoms with van der Waals surface area (Å²) in [7, 11) is 0. The SMILES string of the molecule is Cc1nc(C#N)cc(OC(F)(F)F)c1C. The largest absolute Gasteiger partial charge is 0.573 e. The molecule has 0 unspecified atom stereocenters. The van der Waals surface area contributed by atoms with Crippen molar-refractivity contribution in [2.24, 2.45) is 0 Å². The van der Waals surface area contributed by atoms with Crippen molar-refractivity contribution in [1.82, 2.24) is 4.98 Å². The maximum absolute atomic E-state index is 12.0. The Balaban J connectivity index is 3.18. The van der Waals surface area contributed by atoms with Gasteiger partial charge in [0.2, 0.25) is 0 Å². The van der Waals surface area contributed by atoms with Crippen LogP contribution in [0, 0.1) is 25.2 Å². The molecule has 0 atom stereocenters. The molecule has 15 heavy (non-hydrogen) atoms. The molecule has 0 saturated carbocycles. The molecule has 0 aliphatic rings. The van der Waals surface area contributed by atoms with Crippen molar-refractivity contribution < 1.29 is 17.9 Å². The predicted octanol–water partition coefficient (Wildman–Crippen LogP) is 2.47. The molecular weight excluding hydrogens is 209 g/mol. The lowest BCUT2D eigenvalue weighted by molar-refractivity contribution is -0.274. The van der Waals surface area contributed by atoms with Crippen LogP contribution in [0.15, 0.2) is 6.07 Å². The molecule has 0 radical (unpaired) electrons. The molecule has 1 aromatic rings. The Morgan fingerprint density at radius 3 is 2.47 bits per heavy atom. The summed E-state index contributed by atoms with van der Waals surface area (Å²) < 4.78 is 39.7. The summed E-state index contributed by atoms with van der Waals surface area (Å²) in [5.74, 6) is -0.383. The van der Waals surface area contributed by atoms with Crippen LogP contribution in [0.2, 0.25) is 0 Å². The minimum absolute atomic E-state index is 0.0997. The van der Waals surface area contributed by atoms with Crippen molar-refractivity contribution in [3.8, 4) is 11.8 Å². The minimum Gasteiger partial charge on any atom is -0.405 e. The normalized spacial score (nSPS) is 10.9. The zero-order chi connectivity index (χ0) is 11.6. The first-order valence-electron chi connectivity index (χ1n) is 3.97. The second kappa shape index (κ2) is 3.77. The van der Waals surface area contributed by atoms with Crippen molar-refractivity contribution in [1.29, 1.82) is 5.26 Å². The third-order valence-electron chi connectivity index (χ3n) is 1.81. The van der Waals surface area contributed by atoms with Crippen molar-refractivity contribution >= 4 is 0 Å². The summed E-state index contributed by atoms with van der Waals surface area (Å²) in [6.45, 7) is 2.96. The van der Waals surface area contributed by atoms with Crippen molar-refractivity contribution in [2.75, 3.05) is 0 Å². The molecular formula is C9H7F3N2O. The molecule has 6 heteroatoms. The highest BCUT2D eigenvalue weighted by Crippen LogP contribution is 2.27. The lowest BCUT2D eigenvalue weighted by Crippen LogP contribution is -2.18. The Kier molecular flexibility index (Phi) is 2.84. The van der Waals surface area contributed by atoms with E-state index in [2.05, 4.69) is 9.72 Å². The van der Waals surface area contributed by atoms with Gasteiger partial charge in [0.05, 0.1) is 0 Å². The smallest absolute Gasteiger partial charge is 0.405 e. The number of pyridine rings is 1. The molecule has 1 heterocycles. The van der Waals surface area contributed by atoms with E-state index >= 15 is 0 Å². The molecule has 0 spiro atoms. The molecule has 0 aliphatic heterocycles. The number of alkyl halides is 3. The maximum Gasteiger partial charge on any atom is 0.573 e. The minimum atomic E-state index is -4.76. The van der Waals surface area contributed by atoms with Gasteiger partial charge in [0.1, 0.15) is 17.5 Å². The van der Waals surface area contributed by atoms with Crippen molar-refractivity contribution in [3.63, 3.8) is 0 Å². The molecule has 1 rings (SSSR count). The van der Waals surface area contributed by atoms with Gasteiger partial charge in [0.15, 0.2) is 0 Å². The molecule has 0 amide bonds. The van der Waals surface area contributed by atoms with Crippen molar-refractivity contribution in [2.45, 2.75) is 20.2 Å². The Hall–Kier alpha value is -1.77. The highest BCUT2D eigenvalue weighted by molar-refractivity contribution is 5.40. The zero-order valence-electron chi connectivity index (χ0n) is 8.01. The van der Waals surface area contributed by atoms with E-state index in [4.69, 9.17) is 5.26 Å². The number of hydrogen-bond acceptors (Lipinski definition) is 3. The zero-order valence-corrected chi connectivity index (χ0v) is 8.01. The Morgan fingerprint density at radius 2 is 2.00 bits per heavy atom. The number of ether oxygens (including phenoxy) is 1. The van der Waals surface area contributed by atoms with Crippen LogP contribution < -0.4 is 4.74 Å². The summed E-state index contributed by atoms with van der Waals surface area (Å²) in [5.41, 5.74) is 0.511. The number of halogens is 3. The van der Waals surface area contributed by atoms with E-state index in [-0.39, 0.29) is 17.0 Å². The van der Waals surface area contributed by atoms with Gasteiger partial charge in [-0.2, -0.15) is 5.26 Å². The first-order chi connectivity index (χ1) is 6.83. The fraction of sp³-hybridized carbons (Fsp3) is 0.333. The van der Waals surface area contributed by atoms with Gasteiger partial charge < -0.3 is 4.74 Å². The van der Waals surface area contributed by atoms with Crippen molar-refractivity contribution in [3.05, 3.63) is 23.0 Å². The topological polar surface area (TPSA) is 45.9 Å². The maximum atomic E-state index is 12.0. The summed E-state index contributed by atoms with van der Waals surface area (Å²) in [6, 6.07) is 2.63. The molecule has 0 saturated heterocycles. The summed E-state index contributed by atoms with van der Waals surface area (Å²) in [5, 5.41) is 8.53. The molecule has 0 fully saturated rings. The van der Waals surface area contributed by atoms with Crippen LogP contribution in [0.5, 0.6) is 5.75 Å².